The highest BCUT2D eigenvalue weighted by molar-refractivity contribution is 9.10. The van der Waals surface area contributed by atoms with Crippen LogP contribution in [-0.4, -0.2) is 9.78 Å². The van der Waals surface area contributed by atoms with Gasteiger partial charge >= 0.3 is 0 Å². The van der Waals surface area contributed by atoms with Gasteiger partial charge in [-0.2, -0.15) is 5.10 Å². The molecular formula is C19H13BrN2. The summed E-state index contributed by atoms with van der Waals surface area (Å²) in [5, 5.41) is 6.99. The number of fused-ring (bicyclic) bond motifs is 1. The summed E-state index contributed by atoms with van der Waals surface area (Å²) in [4.78, 5) is 0. The Morgan fingerprint density at radius 2 is 1.50 bits per heavy atom. The molecule has 0 aliphatic heterocycles. The van der Waals surface area contributed by atoms with E-state index in [1.807, 2.05) is 29.1 Å². The summed E-state index contributed by atoms with van der Waals surface area (Å²) >= 11 is 3.65. The predicted molar refractivity (Wildman–Crippen MR) is 94.2 cm³/mol. The molecule has 0 saturated carbocycles. The van der Waals surface area contributed by atoms with E-state index in [9.17, 15) is 0 Å². The van der Waals surface area contributed by atoms with Crippen molar-refractivity contribution in [2.24, 2.45) is 0 Å². The van der Waals surface area contributed by atoms with Crippen molar-refractivity contribution in [1.29, 1.82) is 0 Å². The van der Waals surface area contributed by atoms with Crippen LogP contribution in [0.4, 0.5) is 0 Å². The molecule has 0 saturated heterocycles. The monoisotopic (exact) mass is 348 g/mol. The van der Waals surface area contributed by atoms with Crippen LogP contribution in [-0.2, 0) is 0 Å². The van der Waals surface area contributed by atoms with Crippen LogP contribution in [0.1, 0.15) is 0 Å². The summed E-state index contributed by atoms with van der Waals surface area (Å²) in [5.41, 5.74) is 3.30. The Labute approximate surface area is 137 Å². The van der Waals surface area contributed by atoms with Crippen LogP contribution in [0.15, 0.2) is 83.5 Å². The third-order valence-electron chi connectivity index (χ3n) is 3.77. The third kappa shape index (κ3) is 2.14. The minimum Gasteiger partial charge on any atom is -0.232 e. The molecule has 0 aliphatic rings. The van der Waals surface area contributed by atoms with Crippen LogP contribution in [0, 0.1) is 0 Å². The fraction of sp³-hybridized carbons (Fsp3) is 0. The van der Waals surface area contributed by atoms with Gasteiger partial charge in [-0.25, -0.2) is 4.68 Å². The summed E-state index contributed by atoms with van der Waals surface area (Å²) in [5.74, 6) is 0. The van der Waals surface area contributed by atoms with Crippen LogP contribution in [0.25, 0.3) is 27.7 Å². The maximum absolute atomic E-state index is 4.54. The molecule has 0 radical (unpaired) electrons. The lowest BCUT2D eigenvalue weighted by Gasteiger charge is -2.11. The van der Waals surface area contributed by atoms with E-state index in [4.69, 9.17) is 0 Å². The SMILES string of the molecule is Brc1cnn(-c2ccccc2)c1-c1cccc2ccccc12. The number of halogens is 1. The molecule has 106 valence electrons. The quantitative estimate of drug-likeness (QED) is 0.470. The first-order chi connectivity index (χ1) is 10.8. The Morgan fingerprint density at radius 3 is 2.36 bits per heavy atom. The first-order valence-corrected chi connectivity index (χ1v) is 7.91. The van der Waals surface area contributed by atoms with E-state index < -0.39 is 0 Å². The highest BCUT2D eigenvalue weighted by atomic mass is 79.9. The van der Waals surface area contributed by atoms with Gasteiger partial charge in [-0.1, -0.05) is 60.7 Å². The van der Waals surface area contributed by atoms with Crippen LogP contribution in [0.5, 0.6) is 0 Å². The number of benzene rings is 3. The maximum Gasteiger partial charge on any atom is 0.0889 e. The third-order valence-corrected chi connectivity index (χ3v) is 4.35. The standard InChI is InChI=1S/C19H13BrN2/c20-18-13-21-22(15-9-2-1-3-10-15)19(18)17-12-6-8-14-7-4-5-11-16(14)17/h1-13H. The molecule has 22 heavy (non-hydrogen) atoms. The van der Waals surface area contributed by atoms with Crippen LogP contribution in [0.2, 0.25) is 0 Å². The summed E-state index contributed by atoms with van der Waals surface area (Å²) in [6.07, 6.45) is 1.85. The van der Waals surface area contributed by atoms with Gasteiger partial charge in [0.1, 0.15) is 0 Å². The molecule has 2 nitrogen and oxygen atoms in total. The molecule has 1 heterocycles. The van der Waals surface area contributed by atoms with Crippen molar-refractivity contribution in [3.63, 3.8) is 0 Å². The summed E-state index contributed by atoms with van der Waals surface area (Å²) in [6, 6.07) is 25.0. The Balaban J connectivity index is 2.02. The van der Waals surface area contributed by atoms with Crippen molar-refractivity contribution in [2.45, 2.75) is 0 Å². The molecule has 4 aromatic rings. The van der Waals surface area contributed by atoms with Gasteiger partial charge in [0.2, 0.25) is 0 Å². The Kier molecular flexibility index (Phi) is 3.28. The van der Waals surface area contributed by atoms with Crippen LogP contribution >= 0.6 is 15.9 Å². The topological polar surface area (TPSA) is 17.8 Å². The van der Waals surface area contributed by atoms with Crippen molar-refractivity contribution < 1.29 is 0 Å². The van der Waals surface area contributed by atoms with E-state index in [1.165, 1.54) is 16.3 Å². The fourth-order valence-corrected chi connectivity index (χ4v) is 3.24. The van der Waals surface area contributed by atoms with Crippen LogP contribution < -0.4 is 0 Å². The second-order valence-corrected chi connectivity index (χ2v) is 5.97. The maximum atomic E-state index is 4.54. The number of aromatic nitrogens is 2. The van der Waals surface area contributed by atoms with Gasteiger partial charge in [-0.05, 0) is 38.8 Å². The number of para-hydroxylation sites is 1. The van der Waals surface area contributed by atoms with Crippen LogP contribution in [0.3, 0.4) is 0 Å². The molecule has 0 bridgehead atoms. The molecular weight excluding hydrogens is 336 g/mol. The van der Waals surface area contributed by atoms with Gasteiger partial charge in [-0.15, -0.1) is 0 Å². The van der Waals surface area contributed by atoms with Gasteiger partial charge in [0, 0.05) is 5.56 Å². The van der Waals surface area contributed by atoms with Gasteiger partial charge in [-0.3, -0.25) is 0 Å². The lowest BCUT2D eigenvalue weighted by atomic mass is 10.0. The number of hydrogen-bond acceptors (Lipinski definition) is 1. The van der Waals surface area contributed by atoms with Crippen molar-refractivity contribution in [3.05, 3.63) is 83.5 Å². The van der Waals surface area contributed by atoms with E-state index >= 15 is 0 Å². The molecule has 1 aromatic heterocycles. The predicted octanol–water partition coefficient (Wildman–Crippen LogP) is 5.46. The van der Waals surface area contributed by atoms with Crippen molar-refractivity contribution in [1.82, 2.24) is 9.78 Å². The molecule has 0 spiro atoms. The normalized spacial score (nSPS) is 11.0. The average Bonchev–Trinajstić information content (AvgIpc) is 2.96. The molecule has 0 amide bonds. The Bertz CT molecular complexity index is 937. The zero-order valence-electron chi connectivity index (χ0n) is 11.8. The highest BCUT2D eigenvalue weighted by Crippen LogP contribution is 2.35. The number of nitrogens with zero attached hydrogens (tertiary/aromatic N) is 2. The first kappa shape index (κ1) is 13.3. The lowest BCUT2D eigenvalue weighted by Crippen LogP contribution is -1.99. The molecule has 3 aromatic carbocycles. The smallest absolute Gasteiger partial charge is 0.0889 e. The molecule has 0 N–H and O–H groups in total. The zero-order chi connectivity index (χ0) is 14.9. The molecule has 0 fully saturated rings. The van der Waals surface area contributed by atoms with Gasteiger partial charge in [0.05, 0.1) is 22.1 Å². The summed E-state index contributed by atoms with van der Waals surface area (Å²) in [7, 11) is 0. The molecule has 3 heteroatoms. The minimum absolute atomic E-state index is 0.993. The molecule has 4 rings (SSSR count). The second-order valence-electron chi connectivity index (χ2n) is 5.12. The molecule has 0 unspecified atom stereocenters. The minimum atomic E-state index is 0.993. The van der Waals surface area contributed by atoms with Gasteiger partial charge in [0.25, 0.3) is 0 Å². The number of hydrogen-bond donors (Lipinski definition) is 0. The second kappa shape index (κ2) is 5.43. The molecule has 0 aliphatic carbocycles. The first-order valence-electron chi connectivity index (χ1n) is 7.12. The van der Waals surface area contributed by atoms with E-state index in [1.54, 1.807) is 0 Å². The van der Waals surface area contributed by atoms with Crippen molar-refractivity contribution >= 4 is 26.7 Å². The number of rotatable bonds is 2. The lowest BCUT2D eigenvalue weighted by molar-refractivity contribution is 0.889. The van der Waals surface area contributed by atoms with E-state index in [2.05, 4.69) is 75.6 Å². The summed E-state index contributed by atoms with van der Waals surface area (Å²) < 4.78 is 2.97. The Hall–Kier alpha value is -2.39. The van der Waals surface area contributed by atoms with Crippen molar-refractivity contribution in [3.8, 4) is 16.9 Å². The zero-order valence-corrected chi connectivity index (χ0v) is 13.4. The van der Waals surface area contributed by atoms with E-state index in [0.29, 0.717) is 0 Å². The largest absolute Gasteiger partial charge is 0.232 e. The Morgan fingerprint density at radius 1 is 0.773 bits per heavy atom. The van der Waals surface area contributed by atoms with E-state index in [0.717, 1.165) is 15.9 Å². The molecule has 0 atom stereocenters. The van der Waals surface area contributed by atoms with E-state index in [-0.39, 0.29) is 0 Å². The average molecular weight is 349 g/mol. The van der Waals surface area contributed by atoms with Gasteiger partial charge < -0.3 is 0 Å². The van der Waals surface area contributed by atoms with Crippen molar-refractivity contribution in [2.75, 3.05) is 0 Å². The summed E-state index contributed by atoms with van der Waals surface area (Å²) in [6.45, 7) is 0. The fourth-order valence-electron chi connectivity index (χ4n) is 2.77. The van der Waals surface area contributed by atoms with Gasteiger partial charge in [0.15, 0.2) is 0 Å². The highest BCUT2D eigenvalue weighted by Gasteiger charge is 2.14.